The molecule has 3 heteroatoms. The van der Waals surface area contributed by atoms with Crippen molar-refractivity contribution in [1.29, 1.82) is 0 Å². The number of halogens is 1. The van der Waals surface area contributed by atoms with Crippen LogP contribution in [0.2, 0.25) is 0 Å². The minimum atomic E-state index is 0.295. The molecular weight excluding hydrogens is 228 g/mol. The van der Waals surface area contributed by atoms with Crippen molar-refractivity contribution in [3.63, 3.8) is 0 Å². The topological polar surface area (TPSA) is 20.2 Å². The van der Waals surface area contributed by atoms with Crippen LogP contribution >= 0.6 is 23.4 Å². The van der Waals surface area contributed by atoms with Crippen molar-refractivity contribution in [1.82, 2.24) is 0 Å². The van der Waals surface area contributed by atoms with E-state index in [9.17, 15) is 5.11 Å². The third-order valence-electron chi connectivity index (χ3n) is 2.09. The molecule has 1 rings (SSSR count). The average molecular weight is 245 g/mol. The minimum Gasteiger partial charge on any atom is -0.508 e. The van der Waals surface area contributed by atoms with Crippen LogP contribution in [0.15, 0.2) is 24.3 Å². The minimum absolute atomic E-state index is 0.295. The van der Waals surface area contributed by atoms with Crippen LogP contribution in [0.4, 0.5) is 0 Å². The fraction of sp³-hybridized carbons (Fsp3) is 0.500. The van der Waals surface area contributed by atoms with Crippen molar-refractivity contribution < 1.29 is 5.11 Å². The Hall–Kier alpha value is -0.340. The van der Waals surface area contributed by atoms with Crippen LogP contribution < -0.4 is 0 Å². The van der Waals surface area contributed by atoms with Gasteiger partial charge < -0.3 is 5.11 Å². The van der Waals surface area contributed by atoms with Gasteiger partial charge in [-0.15, -0.1) is 11.6 Å². The van der Waals surface area contributed by atoms with Gasteiger partial charge in [0.25, 0.3) is 0 Å². The Morgan fingerprint density at radius 2 is 2.00 bits per heavy atom. The van der Waals surface area contributed by atoms with E-state index < -0.39 is 0 Å². The first-order valence-corrected chi connectivity index (χ1v) is 6.62. The largest absolute Gasteiger partial charge is 0.508 e. The highest BCUT2D eigenvalue weighted by molar-refractivity contribution is 8.00. The second-order valence-corrected chi connectivity index (χ2v) is 5.87. The first-order valence-electron chi connectivity index (χ1n) is 5.14. The zero-order valence-electron chi connectivity index (χ0n) is 9.11. The number of alkyl halides is 1. The number of hydrogen-bond donors (Lipinski definition) is 1. The van der Waals surface area contributed by atoms with Gasteiger partial charge in [0.05, 0.1) is 0 Å². The van der Waals surface area contributed by atoms with E-state index in [1.165, 1.54) is 0 Å². The maximum atomic E-state index is 9.76. The molecule has 0 saturated heterocycles. The quantitative estimate of drug-likeness (QED) is 0.784. The van der Waals surface area contributed by atoms with Gasteiger partial charge in [0, 0.05) is 16.7 Å². The van der Waals surface area contributed by atoms with Crippen LogP contribution in [-0.4, -0.2) is 16.2 Å². The summed E-state index contributed by atoms with van der Waals surface area (Å²) in [4.78, 5) is 0. The summed E-state index contributed by atoms with van der Waals surface area (Å²) in [5, 5.41) is 10.6. The number of aromatic hydroxyl groups is 1. The zero-order valence-corrected chi connectivity index (χ0v) is 10.7. The van der Waals surface area contributed by atoms with Crippen molar-refractivity contribution in [2.45, 2.75) is 30.8 Å². The van der Waals surface area contributed by atoms with E-state index in [2.05, 4.69) is 13.8 Å². The van der Waals surface area contributed by atoms with E-state index in [4.69, 9.17) is 11.6 Å². The molecule has 0 radical (unpaired) electrons. The summed E-state index contributed by atoms with van der Waals surface area (Å²) < 4.78 is 0. The molecule has 0 amide bonds. The lowest BCUT2D eigenvalue weighted by Gasteiger charge is -2.19. The number of phenolic OH excluding ortho intramolecular Hbond substituents is 1. The Labute approximate surface area is 101 Å². The molecular formula is C12H17ClOS. The zero-order chi connectivity index (χ0) is 11.3. The predicted molar refractivity (Wildman–Crippen MR) is 68.9 cm³/mol. The normalized spacial score (nSPS) is 13.1. The molecule has 0 bridgehead atoms. The van der Waals surface area contributed by atoms with Gasteiger partial charge in [-0.1, -0.05) is 32.0 Å². The lowest BCUT2D eigenvalue weighted by atomic mass is 10.1. The molecule has 0 spiro atoms. The average Bonchev–Trinajstić information content (AvgIpc) is 2.17. The summed E-state index contributed by atoms with van der Waals surface area (Å²) in [6.07, 6.45) is 0.891. The number of benzene rings is 1. The van der Waals surface area contributed by atoms with Crippen LogP contribution in [-0.2, 0) is 0 Å². The number of para-hydroxylation sites is 1. The lowest BCUT2D eigenvalue weighted by Crippen LogP contribution is -2.00. The van der Waals surface area contributed by atoms with E-state index in [-0.39, 0.29) is 0 Å². The maximum absolute atomic E-state index is 9.76. The first-order chi connectivity index (χ1) is 7.15. The predicted octanol–water partition coefficient (Wildman–Crippen LogP) is 4.20. The third kappa shape index (κ3) is 3.96. The molecule has 15 heavy (non-hydrogen) atoms. The molecule has 0 aromatic heterocycles. The van der Waals surface area contributed by atoms with Crippen LogP contribution in [0.1, 0.15) is 31.1 Å². The SMILES string of the molecule is CC(C)SC(CCCl)c1ccccc1O. The van der Waals surface area contributed by atoms with Crippen molar-refractivity contribution >= 4 is 23.4 Å². The van der Waals surface area contributed by atoms with E-state index in [1.807, 2.05) is 30.0 Å². The number of thioether (sulfide) groups is 1. The lowest BCUT2D eigenvalue weighted by molar-refractivity contribution is 0.467. The Bertz CT molecular complexity index is 301. The van der Waals surface area contributed by atoms with Gasteiger partial charge in [0.2, 0.25) is 0 Å². The third-order valence-corrected chi connectivity index (χ3v) is 3.67. The number of hydrogen-bond acceptors (Lipinski definition) is 2. The van der Waals surface area contributed by atoms with Crippen LogP contribution in [0.25, 0.3) is 0 Å². The Morgan fingerprint density at radius 1 is 1.33 bits per heavy atom. The van der Waals surface area contributed by atoms with E-state index in [0.717, 1.165) is 12.0 Å². The molecule has 1 nitrogen and oxygen atoms in total. The molecule has 0 aliphatic heterocycles. The monoisotopic (exact) mass is 244 g/mol. The van der Waals surface area contributed by atoms with Crippen LogP contribution in [0, 0.1) is 0 Å². The summed E-state index contributed by atoms with van der Waals surface area (Å²) in [5.41, 5.74) is 0.997. The highest BCUT2D eigenvalue weighted by atomic mass is 35.5. The number of phenols is 1. The van der Waals surface area contributed by atoms with Crippen molar-refractivity contribution in [2.24, 2.45) is 0 Å². The summed E-state index contributed by atoms with van der Waals surface area (Å²) >= 11 is 7.63. The highest BCUT2D eigenvalue weighted by Crippen LogP contribution is 2.39. The molecule has 0 saturated carbocycles. The Balaban J connectivity index is 2.83. The standard InChI is InChI=1S/C12H17ClOS/c1-9(2)15-12(7-8-13)10-5-3-4-6-11(10)14/h3-6,9,12,14H,7-8H2,1-2H3. The molecule has 1 atom stereocenters. The first kappa shape index (κ1) is 12.7. The van der Waals surface area contributed by atoms with Crippen LogP contribution in [0.3, 0.4) is 0 Å². The smallest absolute Gasteiger partial charge is 0.119 e. The molecule has 0 aliphatic rings. The van der Waals surface area contributed by atoms with Gasteiger partial charge in [-0.3, -0.25) is 0 Å². The fourth-order valence-electron chi connectivity index (χ4n) is 1.48. The Morgan fingerprint density at radius 3 is 2.53 bits per heavy atom. The summed E-state index contributed by atoms with van der Waals surface area (Å²) in [5.74, 6) is 0.999. The molecule has 84 valence electrons. The van der Waals surface area contributed by atoms with E-state index in [1.54, 1.807) is 6.07 Å². The van der Waals surface area contributed by atoms with Gasteiger partial charge in [-0.05, 0) is 17.7 Å². The van der Waals surface area contributed by atoms with E-state index in [0.29, 0.717) is 22.1 Å². The Kier molecular flexibility index (Phi) is 5.34. The fourth-order valence-corrected chi connectivity index (χ4v) is 3.09. The molecule has 0 aliphatic carbocycles. The van der Waals surface area contributed by atoms with Gasteiger partial charge in [-0.2, -0.15) is 11.8 Å². The van der Waals surface area contributed by atoms with Crippen molar-refractivity contribution in [2.75, 3.05) is 5.88 Å². The van der Waals surface area contributed by atoms with Gasteiger partial charge in [0.1, 0.15) is 5.75 Å². The van der Waals surface area contributed by atoms with Gasteiger partial charge in [-0.25, -0.2) is 0 Å². The number of rotatable bonds is 5. The molecule has 1 N–H and O–H groups in total. The van der Waals surface area contributed by atoms with Crippen molar-refractivity contribution in [3.8, 4) is 5.75 Å². The molecule has 1 aromatic rings. The van der Waals surface area contributed by atoms with Crippen LogP contribution in [0.5, 0.6) is 5.75 Å². The molecule has 1 aromatic carbocycles. The molecule has 0 fully saturated rings. The molecule has 1 unspecified atom stereocenters. The summed E-state index contributed by atoms with van der Waals surface area (Å²) in [7, 11) is 0. The molecule has 0 heterocycles. The summed E-state index contributed by atoms with van der Waals surface area (Å²) in [6, 6.07) is 7.51. The second-order valence-electron chi connectivity index (χ2n) is 3.71. The maximum Gasteiger partial charge on any atom is 0.119 e. The van der Waals surface area contributed by atoms with Gasteiger partial charge >= 0.3 is 0 Å². The van der Waals surface area contributed by atoms with Crippen molar-refractivity contribution in [3.05, 3.63) is 29.8 Å². The van der Waals surface area contributed by atoms with Gasteiger partial charge in [0.15, 0.2) is 0 Å². The second kappa shape index (κ2) is 6.29. The highest BCUT2D eigenvalue weighted by Gasteiger charge is 2.16. The van der Waals surface area contributed by atoms with E-state index >= 15 is 0 Å². The summed E-state index contributed by atoms with van der Waals surface area (Å²) in [6.45, 7) is 4.32.